The summed E-state index contributed by atoms with van der Waals surface area (Å²) < 4.78 is 5.35. The van der Waals surface area contributed by atoms with E-state index in [-0.39, 0.29) is 11.8 Å². The number of hydrogen-bond donors (Lipinski definition) is 0. The Bertz CT molecular complexity index is 313. The molecule has 2 fully saturated rings. The molecular formula is C15H25NO3. The number of amides is 1. The lowest BCUT2D eigenvalue weighted by atomic mass is 9.87. The molecule has 4 heteroatoms. The van der Waals surface area contributed by atoms with Crippen molar-refractivity contribution >= 4 is 11.7 Å². The summed E-state index contributed by atoms with van der Waals surface area (Å²) in [6.45, 7) is 2.58. The average Bonchev–Trinajstić information content (AvgIpc) is 2.46. The third-order valence-electron chi connectivity index (χ3n) is 4.48. The molecular weight excluding hydrogens is 242 g/mol. The Balaban J connectivity index is 1.71. The second-order valence-electron chi connectivity index (χ2n) is 5.92. The van der Waals surface area contributed by atoms with Crippen LogP contribution in [-0.2, 0) is 14.3 Å². The molecule has 4 nitrogen and oxygen atoms in total. The number of hydrogen-bond acceptors (Lipinski definition) is 3. The summed E-state index contributed by atoms with van der Waals surface area (Å²) in [5.74, 6) is 1.34. The molecule has 0 spiro atoms. The molecule has 0 aromatic carbocycles. The molecule has 0 unspecified atom stereocenters. The molecule has 0 aromatic rings. The molecule has 1 heterocycles. The Labute approximate surface area is 115 Å². The zero-order valence-corrected chi connectivity index (χ0v) is 11.9. The number of ketones is 1. The Kier molecular flexibility index (Phi) is 5.37. The minimum absolute atomic E-state index is 0.0809. The van der Waals surface area contributed by atoms with Crippen molar-refractivity contribution in [3.05, 3.63) is 0 Å². The first-order chi connectivity index (χ1) is 9.16. The first-order valence-corrected chi connectivity index (χ1v) is 7.51. The summed E-state index contributed by atoms with van der Waals surface area (Å²) in [6, 6.07) is 0. The summed E-state index contributed by atoms with van der Waals surface area (Å²) in [4.78, 5) is 25.3. The molecule has 1 saturated heterocycles. The Hall–Kier alpha value is -0.900. The van der Waals surface area contributed by atoms with Crippen molar-refractivity contribution in [2.24, 2.45) is 11.8 Å². The topological polar surface area (TPSA) is 46.6 Å². The van der Waals surface area contributed by atoms with Gasteiger partial charge in [0.15, 0.2) is 0 Å². The summed E-state index contributed by atoms with van der Waals surface area (Å²) in [5, 5.41) is 0. The highest BCUT2D eigenvalue weighted by atomic mass is 16.5. The van der Waals surface area contributed by atoms with Gasteiger partial charge in [-0.2, -0.15) is 0 Å². The molecule has 108 valence electrons. The quantitative estimate of drug-likeness (QED) is 0.783. The SMILES string of the molecule is CN(CCC1CCOCC1)C(=O)C1CCC(=O)CC1. The lowest BCUT2D eigenvalue weighted by molar-refractivity contribution is -0.136. The first-order valence-electron chi connectivity index (χ1n) is 7.51. The Morgan fingerprint density at radius 1 is 1.21 bits per heavy atom. The Morgan fingerprint density at radius 3 is 2.47 bits per heavy atom. The number of rotatable bonds is 4. The van der Waals surface area contributed by atoms with Gasteiger partial charge in [-0.25, -0.2) is 0 Å². The van der Waals surface area contributed by atoms with Gasteiger partial charge in [0.2, 0.25) is 5.91 Å². The van der Waals surface area contributed by atoms with Crippen molar-refractivity contribution in [2.75, 3.05) is 26.8 Å². The summed E-state index contributed by atoms with van der Waals surface area (Å²) in [5.41, 5.74) is 0. The zero-order valence-electron chi connectivity index (χ0n) is 11.9. The van der Waals surface area contributed by atoms with E-state index in [2.05, 4.69) is 0 Å². The zero-order chi connectivity index (χ0) is 13.7. The highest BCUT2D eigenvalue weighted by Gasteiger charge is 2.27. The van der Waals surface area contributed by atoms with Crippen LogP contribution in [0.4, 0.5) is 0 Å². The molecule has 19 heavy (non-hydrogen) atoms. The molecule has 1 amide bonds. The van der Waals surface area contributed by atoms with Gasteiger partial charge in [0.05, 0.1) is 0 Å². The van der Waals surface area contributed by atoms with Crippen molar-refractivity contribution in [3.8, 4) is 0 Å². The number of Topliss-reactive ketones (excluding diaryl/α,β-unsaturated/α-hetero) is 1. The van der Waals surface area contributed by atoms with E-state index >= 15 is 0 Å². The van der Waals surface area contributed by atoms with Gasteiger partial charge in [-0.15, -0.1) is 0 Å². The van der Waals surface area contributed by atoms with Crippen LogP contribution < -0.4 is 0 Å². The molecule has 1 aliphatic carbocycles. The van der Waals surface area contributed by atoms with Crippen LogP contribution in [0.1, 0.15) is 44.9 Å². The highest BCUT2D eigenvalue weighted by Crippen LogP contribution is 2.24. The molecule has 0 N–H and O–H groups in total. The van der Waals surface area contributed by atoms with Gasteiger partial charge in [-0.05, 0) is 38.0 Å². The number of nitrogens with zero attached hydrogens (tertiary/aromatic N) is 1. The molecule has 0 atom stereocenters. The minimum atomic E-state index is 0.0809. The van der Waals surface area contributed by atoms with E-state index in [1.807, 2.05) is 11.9 Å². The van der Waals surface area contributed by atoms with Crippen LogP contribution in [0.25, 0.3) is 0 Å². The molecule has 0 bridgehead atoms. The molecule has 0 aromatic heterocycles. The van der Waals surface area contributed by atoms with E-state index < -0.39 is 0 Å². The van der Waals surface area contributed by atoms with Crippen LogP contribution in [0.5, 0.6) is 0 Å². The van der Waals surface area contributed by atoms with E-state index in [9.17, 15) is 9.59 Å². The van der Waals surface area contributed by atoms with Gasteiger partial charge in [0.1, 0.15) is 5.78 Å². The van der Waals surface area contributed by atoms with Crippen molar-refractivity contribution < 1.29 is 14.3 Å². The largest absolute Gasteiger partial charge is 0.381 e. The van der Waals surface area contributed by atoms with Crippen LogP contribution in [0, 0.1) is 11.8 Å². The van der Waals surface area contributed by atoms with E-state index in [1.54, 1.807) is 0 Å². The molecule has 1 saturated carbocycles. The third kappa shape index (κ3) is 4.30. The fourth-order valence-corrected chi connectivity index (χ4v) is 3.02. The number of carbonyl (C=O) groups excluding carboxylic acids is 2. The van der Waals surface area contributed by atoms with Gasteiger partial charge in [0, 0.05) is 45.6 Å². The smallest absolute Gasteiger partial charge is 0.225 e. The summed E-state index contributed by atoms with van der Waals surface area (Å²) in [6.07, 6.45) is 6.00. The predicted octanol–water partition coefficient (Wildman–Crippen LogP) is 2.02. The highest BCUT2D eigenvalue weighted by molar-refractivity contribution is 5.84. The number of carbonyl (C=O) groups is 2. The number of ether oxygens (including phenoxy) is 1. The minimum Gasteiger partial charge on any atom is -0.381 e. The van der Waals surface area contributed by atoms with Crippen LogP contribution >= 0.6 is 0 Å². The van der Waals surface area contributed by atoms with Crippen molar-refractivity contribution in [1.82, 2.24) is 4.90 Å². The molecule has 2 aliphatic rings. The maximum absolute atomic E-state index is 12.3. The lowest BCUT2D eigenvalue weighted by Crippen LogP contribution is -2.36. The molecule has 0 radical (unpaired) electrons. The van der Waals surface area contributed by atoms with Gasteiger partial charge >= 0.3 is 0 Å². The van der Waals surface area contributed by atoms with Gasteiger partial charge in [-0.3, -0.25) is 9.59 Å². The van der Waals surface area contributed by atoms with Gasteiger partial charge in [0.25, 0.3) is 0 Å². The lowest BCUT2D eigenvalue weighted by Gasteiger charge is -2.28. The average molecular weight is 267 g/mol. The summed E-state index contributed by atoms with van der Waals surface area (Å²) >= 11 is 0. The van der Waals surface area contributed by atoms with E-state index in [1.165, 1.54) is 0 Å². The fraction of sp³-hybridized carbons (Fsp3) is 0.867. The second kappa shape index (κ2) is 7.04. The van der Waals surface area contributed by atoms with Crippen molar-refractivity contribution in [3.63, 3.8) is 0 Å². The fourth-order valence-electron chi connectivity index (χ4n) is 3.02. The molecule has 2 rings (SSSR count). The van der Waals surface area contributed by atoms with Crippen LogP contribution in [0.3, 0.4) is 0 Å². The van der Waals surface area contributed by atoms with Crippen LogP contribution in [-0.4, -0.2) is 43.4 Å². The first kappa shape index (κ1) is 14.5. The van der Waals surface area contributed by atoms with Crippen molar-refractivity contribution in [2.45, 2.75) is 44.9 Å². The second-order valence-corrected chi connectivity index (χ2v) is 5.92. The normalized spacial score (nSPS) is 22.5. The Morgan fingerprint density at radius 2 is 1.84 bits per heavy atom. The van der Waals surface area contributed by atoms with E-state index in [0.29, 0.717) is 24.5 Å². The predicted molar refractivity (Wildman–Crippen MR) is 72.8 cm³/mol. The van der Waals surface area contributed by atoms with E-state index in [4.69, 9.17) is 4.74 Å². The molecule has 1 aliphatic heterocycles. The summed E-state index contributed by atoms with van der Waals surface area (Å²) in [7, 11) is 1.90. The standard InChI is InChI=1S/C15H25NO3/c1-16(9-6-12-7-10-19-11-8-12)15(18)13-2-4-14(17)5-3-13/h12-13H,2-11H2,1H3. The van der Waals surface area contributed by atoms with Crippen LogP contribution in [0.15, 0.2) is 0 Å². The van der Waals surface area contributed by atoms with Gasteiger partial charge in [-0.1, -0.05) is 0 Å². The maximum Gasteiger partial charge on any atom is 0.225 e. The van der Waals surface area contributed by atoms with Gasteiger partial charge < -0.3 is 9.64 Å². The monoisotopic (exact) mass is 267 g/mol. The maximum atomic E-state index is 12.3. The van der Waals surface area contributed by atoms with Crippen LogP contribution in [0.2, 0.25) is 0 Å². The third-order valence-corrected chi connectivity index (χ3v) is 4.48. The van der Waals surface area contributed by atoms with Crippen molar-refractivity contribution in [1.29, 1.82) is 0 Å². The van der Waals surface area contributed by atoms with E-state index in [0.717, 1.165) is 51.9 Å².